The molecule has 0 fully saturated rings. The molecule has 0 unspecified atom stereocenters. The summed E-state index contributed by atoms with van der Waals surface area (Å²) in [6.07, 6.45) is 0. The van der Waals surface area contributed by atoms with Crippen LogP contribution in [0, 0.1) is 29.6 Å². The fourth-order valence-electron chi connectivity index (χ4n) is 1.14. The summed E-state index contributed by atoms with van der Waals surface area (Å²) >= 11 is 0.542. The maximum absolute atomic E-state index is 12.0. The molecule has 0 aliphatic heterocycles. The largest absolute Gasteiger partial charge is 0.315 e. The lowest BCUT2D eigenvalue weighted by Crippen LogP contribution is -2.31. The van der Waals surface area contributed by atoms with Crippen molar-refractivity contribution in [1.82, 2.24) is 9.29 Å². The summed E-state index contributed by atoms with van der Waals surface area (Å²) in [6.45, 7) is 0.588. The standard InChI is InChI=1S/C8H8N4O3S2/c1-6-7(16-8(13)11-6)17(14,15)12(4-2-9)5-3-10/h4-5H2,1H3,(H,11,13). The van der Waals surface area contributed by atoms with Gasteiger partial charge >= 0.3 is 4.87 Å². The number of aromatic nitrogens is 1. The highest BCUT2D eigenvalue weighted by molar-refractivity contribution is 7.91. The Labute approximate surface area is 102 Å². The predicted octanol–water partition coefficient (Wildman–Crippen LogP) is -0.217. The molecular formula is C8H8N4O3S2. The van der Waals surface area contributed by atoms with E-state index in [1.54, 1.807) is 12.1 Å². The van der Waals surface area contributed by atoms with Crippen molar-refractivity contribution in [3.05, 3.63) is 15.4 Å². The zero-order chi connectivity index (χ0) is 13.1. The van der Waals surface area contributed by atoms with Crippen LogP contribution in [-0.2, 0) is 10.0 Å². The van der Waals surface area contributed by atoms with Gasteiger partial charge in [-0.25, -0.2) is 8.42 Å². The third kappa shape index (κ3) is 2.71. The first kappa shape index (κ1) is 13.4. The van der Waals surface area contributed by atoms with Crippen LogP contribution in [0.5, 0.6) is 0 Å². The Kier molecular flexibility index (Phi) is 4.02. The second-order valence-corrected chi connectivity index (χ2v) is 6.13. The Hall–Kier alpha value is -1.68. The number of nitriles is 2. The molecule has 1 rings (SSSR count). The first-order chi connectivity index (χ1) is 7.93. The highest BCUT2D eigenvalue weighted by Gasteiger charge is 2.28. The van der Waals surface area contributed by atoms with Crippen molar-refractivity contribution < 1.29 is 8.42 Å². The van der Waals surface area contributed by atoms with E-state index in [4.69, 9.17) is 10.5 Å². The smallest absolute Gasteiger partial charge is 0.305 e. The van der Waals surface area contributed by atoms with Gasteiger partial charge in [0.05, 0.1) is 12.1 Å². The summed E-state index contributed by atoms with van der Waals surface area (Å²) in [4.78, 5) is 12.9. The van der Waals surface area contributed by atoms with Crippen LogP contribution in [0.2, 0.25) is 0 Å². The van der Waals surface area contributed by atoms with Gasteiger partial charge in [0.25, 0.3) is 10.0 Å². The van der Waals surface area contributed by atoms with Gasteiger partial charge in [-0.05, 0) is 6.92 Å². The molecule has 7 nitrogen and oxygen atoms in total. The van der Waals surface area contributed by atoms with Crippen molar-refractivity contribution in [2.75, 3.05) is 13.1 Å². The highest BCUT2D eigenvalue weighted by Crippen LogP contribution is 2.20. The van der Waals surface area contributed by atoms with Crippen molar-refractivity contribution in [1.29, 1.82) is 10.5 Å². The topological polar surface area (TPSA) is 118 Å². The lowest BCUT2D eigenvalue weighted by atomic mass is 10.6. The van der Waals surface area contributed by atoms with Crippen molar-refractivity contribution in [2.24, 2.45) is 0 Å². The summed E-state index contributed by atoms with van der Waals surface area (Å²) in [6, 6.07) is 3.33. The van der Waals surface area contributed by atoms with Crippen LogP contribution in [-0.4, -0.2) is 30.8 Å². The van der Waals surface area contributed by atoms with Crippen molar-refractivity contribution in [3.63, 3.8) is 0 Å². The average molecular weight is 272 g/mol. The van der Waals surface area contributed by atoms with Crippen LogP contribution in [0.3, 0.4) is 0 Å². The van der Waals surface area contributed by atoms with Gasteiger partial charge in [-0.3, -0.25) is 4.79 Å². The first-order valence-corrected chi connectivity index (χ1v) is 6.63. The number of nitrogens with one attached hydrogen (secondary N) is 1. The fraction of sp³-hybridized carbons (Fsp3) is 0.375. The number of aryl methyl sites for hydroxylation is 1. The van der Waals surface area contributed by atoms with Gasteiger partial charge in [0.1, 0.15) is 13.1 Å². The molecule has 0 aliphatic carbocycles. The minimum Gasteiger partial charge on any atom is -0.315 e. The van der Waals surface area contributed by atoms with Crippen molar-refractivity contribution in [3.8, 4) is 12.1 Å². The number of hydrogen-bond donors (Lipinski definition) is 1. The van der Waals surface area contributed by atoms with Gasteiger partial charge in [-0.1, -0.05) is 11.3 Å². The van der Waals surface area contributed by atoms with Gasteiger partial charge in [-0.15, -0.1) is 0 Å². The molecule has 0 saturated carbocycles. The number of hydrogen-bond acceptors (Lipinski definition) is 6. The molecule has 0 amide bonds. The van der Waals surface area contributed by atoms with Gasteiger partial charge in [0.2, 0.25) is 0 Å². The lowest BCUT2D eigenvalue weighted by Gasteiger charge is -2.14. The minimum atomic E-state index is -3.96. The van der Waals surface area contributed by atoms with Crippen LogP contribution < -0.4 is 4.87 Å². The fourth-order valence-corrected chi connectivity index (χ4v) is 3.81. The molecule has 1 aromatic heterocycles. The molecule has 0 atom stereocenters. The number of aromatic amines is 1. The Morgan fingerprint density at radius 2 is 1.88 bits per heavy atom. The van der Waals surface area contributed by atoms with Crippen molar-refractivity contribution >= 4 is 21.4 Å². The maximum Gasteiger partial charge on any atom is 0.305 e. The van der Waals surface area contributed by atoms with Crippen LogP contribution >= 0.6 is 11.3 Å². The van der Waals surface area contributed by atoms with Crippen molar-refractivity contribution in [2.45, 2.75) is 11.1 Å². The second kappa shape index (κ2) is 5.10. The van der Waals surface area contributed by atoms with E-state index in [-0.39, 0.29) is 9.90 Å². The summed E-state index contributed by atoms with van der Waals surface area (Å²) in [5.41, 5.74) is 0.209. The molecule has 17 heavy (non-hydrogen) atoms. The molecule has 1 aromatic rings. The Morgan fingerprint density at radius 3 is 2.24 bits per heavy atom. The Morgan fingerprint density at radius 1 is 1.35 bits per heavy atom. The van der Waals surface area contributed by atoms with E-state index in [2.05, 4.69) is 4.98 Å². The molecule has 1 N–H and O–H groups in total. The number of thiazole rings is 1. The van der Waals surface area contributed by atoms with Gasteiger partial charge in [-0.2, -0.15) is 14.8 Å². The van der Waals surface area contributed by atoms with E-state index < -0.39 is 28.0 Å². The second-order valence-electron chi connectivity index (χ2n) is 3.02. The summed E-state index contributed by atoms with van der Waals surface area (Å²) in [7, 11) is -3.96. The van der Waals surface area contributed by atoms with Crippen LogP contribution in [0.1, 0.15) is 5.69 Å². The predicted molar refractivity (Wildman–Crippen MR) is 59.7 cm³/mol. The zero-order valence-electron chi connectivity index (χ0n) is 8.80. The quantitative estimate of drug-likeness (QED) is 0.760. The van der Waals surface area contributed by atoms with Gasteiger partial charge < -0.3 is 4.98 Å². The first-order valence-electron chi connectivity index (χ1n) is 4.37. The van der Waals surface area contributed by atoms with E-state index in [1.807, 2.05) is 0 Å². The summed E-state index contributed by atoms with van der Waals surface area (Å²) < 4.78 is 24.6. The third-order valence-corrected chi connectivity index (χ3v) is 5.22. The maximum atomic E-state index is 12.0. The molecule has 0 aromatic carbocycles. The SMILES string of the molecule is Cc1[nH]c(=O)sc1S(=O)(=O)N(CC#N)CC#N. The lowest BCUT2D eigenvalue weighted by molar-refractivity contribution is 0.481. The van der Waals surface area contributed by atoms with E-state index in [9.17, 15) is 13.2 Å². The molecule has 0 aliphatic rings. The zero-order valence-corrected chi connectivity index (χ0v) is 10.4. The molecule has 0 bridgehead atoms. The third-order valence-electron chi connectivity index (χ3n) is 1.85. The normalized spacial score (nSPS) is 11.1. The minimum absolute atomic E-state index is 0.159. The molecule has 9 heteroatoms. The van der Waals surface area contributed by atoms with E-state index in [1.165, 1.54) is 6.92 Å². The van der Waals surface area contributed by atoms with E-state index in [0.29, 0.717) is 11.3 Å². The van der Waals surface area contributed by atoms with Gasteiger partial charge in [0.15, 0.2) is 4.21 Å². The highest BCUT2D eigenvalue weighted by atomic mass is 32.2. The summed E-state index contributed by atoms with van der Waals surface area (Å²) in [5, 5.41) is 17.0. The number of nitrogens with zero attached hydrogens (tertiary/aromatic N) is 3. The number of rotatable bonds is 4. The van der Waals surface area contributed by atoms with Crippen LogP contribution in [0.15, 0.2) is 9.00 Å². The van der Waals surface area contributed by atoms with Gasteiger partial charge in [0, 0.05) is 5.69 Å². The van der Waals surface area contributed by atoms with E-state index >= 15 is 0 Å². The molecule has 0 radical (unpaired) electrons. The Bertz CT molecular complexity index is 628. The molecule has 0 saturated heterocycles. The van der Waals surface area contributed by atoms with Crippen LogP contribution in [0.25, 0.3) is 0 Å². The summed E-state index contributed by atoms with van der Waals surface area (Å²) in [5.74, 6) is 0. The number of H-pyrrole nitrogens is 1. The Balaban J connectivity index is 3.27. The van der Waals surface area contributed by atoms with E-state index in [0.717, 1.165) is 4.31 Å². The molecule has 90 valence electrons. The molecular weight excluding hydrogens is 264 g/mol. The van der Waals surface area contributed by atoms with Crippen LogP contribution in [0.4, 0.5) is 0 Å². The number of sulfonamides is 1. The monoisotopic (exact) mass is 272 g/mol. The molecule has 0 spiro atoms. The average Bonchev–Trinajstić information content (AvgIpc) is 2.58. The molecule has 1 heterocycles.